The van der Waals surface area contributed by atoms with Gasteiger partial charge in [-0.15, -0.1) is 0 Å². The molecule has 5 nitrogen and oxygen atoms in total. The number of benzene rings is 1. The van der Waals surface area contributed by atoms with E-state index in [9.17, 15) is 0 Å². The Balaban J connectivity index is 2.07. The molecular weight excluding hydrogens is 262 g/mol. The molecule has 106 valence electrons. The number of fused-ring (bicyclic) bond motifs is 1. The van der Waals surface area contributed by atoms with Gasteiger partial charge in [0.05, 0.1) is 11.2 Å². The largest absolute Gasteiger partial charge is 0.293 e. The highest BCUT2D eigenvalue weighted by atomic mass is 15.2. The minimum absolute atomic E-state index is 0.527. The number of para-hydroxylation sites is 1. The maximum atomic E-state index is 4.59. The second kappa shape index (κ2) is 5.09. The number of rotatable bonds is 2. The summed E-state index contributed by atoms with van der Waals surface area (Å²) in [6.07, 6.45) is 0. The third-order valence-corrected chi connectivity index (χ3v) is 3.32. The van der Waals surface area contributed by atoms with E-state index in [1.54, 1.807) is 0 Å². The predicted molar refractivity (Wildman–Crippen MR) is 83.8 cm³/mol. The number of aromatic nitrogens is 4. The molecule has 0 amide bonds. The van der Waals surface area contributed by atoms with Crippen LogP contribution in [0, 0.1) is 27.7 Å². The summed E-state index contributed by atoms with van der Waals surface area (Å²) in [5.74, 6) is 1.05. The van der Waals surface area contributed by atoms with Crippen molar-refractivity contribution in [1.29, 1.82) is 0 Å². The van der Waals surface area contributed by atoms with E-state index in [0.29, 0.717) is 11.9 Å². The number of nitrogens with zero attached hydrogens (tertiary/aromatic N) is 4. The Bertz CT molecular complexity index is 806. The normalized spacial score (nSPS) is 10.9. The molecule has 3 aromatic rings. The van der Waals surface area contributed by atoms with Gasteiger partial charge in [0, 0.05) is 16.8 Å². The van der Waals surface area contributed by atoms with Crippen molar-refractivity contribution in [2.24, 2.45) is 0 Å². The Kier molecular flexibility index (Phi) is 3.25. The van der Waals surface area contributed by atoms with Gasteiger partial charge in [-0.05, 0) is 39.3 Å². The van der Waals surface area contributed by atoms with E-state index in [0.717, 1.165) is 33.5 Å². The molecule has 2 heterocycles. The van der Waals surface area contributed by atoms with Gasteiger partial charge in [0.2, 0.25) is 11.9 Å². The molecule has 3 rings (SSSR count). The molecule has 1 aromatic carbocycles. The lowest BCUT2D eigenvalue weighted by Gasteiger charge is -2.09. The van der Waals surface area contributed by atoms with E-state index in [1.807, 2.05) is 52.0 Å². The number of anilines is 2. The summed E-state index contributed by atoms with van der Waals surface area (Å²) in [6, 6.07) is 8.04. The summed E-state index contributed by atoms with van der Waals surface area (Å²) in [6.45, 7) is 7.91. The van der Waals surface area contributed by atoms with Crippen molar-refractivity contribution in [3.05, 3.63) is 46.9 Å². The zero-order chi connectivity index (χ0) is 15.0. The van der Waals surface area contributed by atoms with Crippen molar-refractivity contribution >= 4 is 22.8 Å². The molecule has 21 heavy (non-hydrogen) atoms. The lowest BCUT2D eigenvalue weighted by Crippen LogP contribution is -2.04. The van der Waals surface area contributed by atoms with E-state index < -0.39 is 0 Å². The summed E-state index contributed by atoms with van der Waals surface area (Å²) in [5.41, 5.74) is 4.85. The molecule has 0 aliphatic heterocycles. The quantitative estimate of drug-likeness (QED) is 0.779. The van der Waals surface area contributed by atoms with Crippen molar-refractivity contribution in [3.8, 4) is 0 Å². The first-order valence-corrected chi connectivity index (χ1v) is 6.86. The molecule has 0 aliphatic rings. The molecule has 0 aliphatic carbocycles. The first-order chi connectivity index (χ1) is 10.0. The molecule has 0 bridgehead atoms. The maximum absolute atomic E-state index is 4.59. The smallest absolute Gasteiger partial charge is 0.230 e. The van der Waals surface area contributed by atoms with Crippen LogP contribution in [0.4, 0.5) is 11.9 Å². The van der Waals surface area contributed by atoms with Crippen LogP contribution in [0.15, 0.2) is 24.3 Å². The van der Waals surface area contributed by atoms with Gasteiger partial charge >= 0.3 is 0 Å². The highest BCUT2D eigenvalue weighted by Crippen LogP contribution is 2.21. The van der Waals surface area contributed by atoms with Crippen LogP contribution >= 0.6 is 0 Å². The number of aryl methyl sites for hydroxylation is 4. The lowest BCUT2D eigenvalue weighted by molar-refractivity contribution is 1.04. The van der Waals surface area contributed by atoms with Crippen molar-refractivity contribution in [1.82, 2.24) is 19.9 Å². The summed E-state index contributed by atoms with van der Waals surface area (Å²) in [4.78, 5) is 17.8. The predicted octanol–water partition coefficient (Wildman–Crippen LogP) is 3.40. The van der Waals surface area contributed by atoms with E-state index in [4.69, 9.17) is 0 Å². The van der Waals surface area contributed by atoms with Crippen LogP contribution in [0.3, 0.4) is 0 Å². The first kappa shape index (κ1) is 13.4. The Morgan fingerprint density at radius 3 is 2.19 bits per heavy atom. The Hall–Kier alpha value is -2.56. The molecule has 0 saturated heterocycles. The average Bonchev–Trinajstić information content (AvgIpc) is 2.39. The minimum Gasteiger partial charge on any atom is -0.293 e. The molecule has 0 spiro atoms. The summed E-state index contributed by atoms with van der Waals surface area (Å²) >= 11 is 0. The molecule has 1 N–H and O–H groups in total. The molecule has 5 heteroatoms. The van der Waals surface area contributed by atoms with Gasteiger partial charge in [0.25, 0.3) is 0 Å². The van der Waals surface area contributed by atoms with Gasteiger partial charge in [0.1, 0.15) is 0 Å². The highest BCUT2D eigenvalue weighted by Gasteiger charge is 2.08. The van der Waals surface area contributed by atoms with Gasteiger partial charge < -0.3 is 0 Å². The van der Waals surface area contributed by atoms with Crippen LogP contribution in [0.1, 0.15) is 22.6 Å². The number of hydrogen-bond donors (Lipinski definition) is 1. The van der Waals surface area contributed by atoms with Crippen LogP contribution in [0.5, 0.6) is 0 Å². The van der Waals surface area contributed by atoms with Crippen LogP contribution in [-0.4, -0.2) is 19.9 Å². The van der Waals surface area contributed by atoms with E-state index >= 15 is 0 Å². The van der Waals surface area contributed by atoms with Crippen LogP contribution in [0.2, 0.25) is 0 Å². The molecule has 0 saturated carbocycles. The van der Waals surface area contributed by atoms with Gasteiger partial charge in [0.15, 0.2) is 0 Å². The van der Waals surface area contributed by atoms with Gasteiger partial charge in [-0.2, -0.15) is 0 Å². The van der Waals surface area contributed by atoms with Crippen LogP contribution < -0.4 is 5.32 Å². The summed E-state index contributed by atoms with van der Waals surface area (Å²) < 4.78 is 0. The van der Waals surface area contributed by atoms with E-state index in [1.165, 1.54) is 0 Å². The molecule has 0 atom stereocenters. The highest BCUT2D eigenvalue weighted by molar-refractivity contribution is 5.84. The topological polar surface area (TPSA) is 63.6 Å². The van der Waals surface area contributed by atoms with Gasteiger partial charge in [-0.25, -0.2) is 19.9 Å². The van der Waals surface area contributed by atoms with Crippen molar-refractivity contribution < 1.29 is 0 Å². The summed E-state index contributed by atoms with van der Waals surface area (Å²) in [7, 11) is 0. The Morgan fingerprint density at radius 2 is 1.48 bits per heavy atom. The van der Waals surface area contributed by atoms with Gasteiger partial charge in [-0.1, -0.05) is 18.2 Å². The van der Waals surface area contributed by atoms with E-state index in [-0.39, 0.29) is 0 Å². The van der Waals surface area contributed by atoms with Crippen molar-refractivity contribution in [3.63, 3.8) is 0 Å². The van der Waals surface area contributed by atoms with E-state index in [2.05, 4.69) is 25.3 Å². The molecule has 0 unspecified atom stereocenters. The monoisotopic (exact) mass is 279 g/mol. The summed E-state index contributed by atoms with van der Waals surface area (Å²) in [5, 5.41) is 4.17. The zero-order valence-electron chi connectivity index (χ0n) is 12.6. The standard InChI is InChI=1S/C16H17N5/c1-9-6-5-7-13-12(4)19-16(20-14(9)13)21-15-17-10(2)8-11(3)18-15/h5-8H,1-4H3,(H,17,18,19,20,21). The maximum Gasteiger partial charge on any atom is 0.230 e. The fourth-order valence-corrected chi connectivity index (χ4v) is 2.39. The second-order valence-electron chi connectivity index (χ2n) is 5.20. The van der Waals surface area contributed by atoms with Gasteiger partial charge in [-0.3, -0.25) is 5.32 Å². The first-order valence-electron chi connectivity index (χ1n) is 6.86. The Morgan fingerprint density at radius 1 is 0.810 bits per heavy atom. The zero-order valence-corrected chi connectivity index (χ0v) is 12.6. The second-order valence-corrected chi connectivity index (χ2v) is 5.20. The third kappa shape index (κ3) is 2.67. The SMILES string of the molecule is Cc1cc(C)nc(Nc2nc(C)c3cccc(C)c3n2)n1. The number of hydrogen-bond acceptors (Lipinski definition) is 5. The van der Waals surface area contributed by atoms with Crippen molar-refractivity contribution in [2.45, 2.75) is 27.7 Å². The molecule has 0 radical (unpaired) electrons. The third-order valence-electron chi connectivity index (χ3n) is 3.32. The molecule has 0 fully saturated rings. The lowest BCUT2D eigenvalue weighted by atomic mass is 10.1. The van der Waals surface area contributed by atoms with Crippen molar-refractivity contribution in [2.75, 3.05) is 5.32 Å². The molecule has 2 aromatic heterocycles. The van der Waals surface area contributed by atoms with Crippen LogP contribution in [-0.2, 0) is 0 Å². The number of nitrogens with one attached hydrogen (secondary N) is 1. The fourth-order valence-electron chi connectivity index (χ4n) is 2.39. The average molecular weight is 279 g/mol. The molecular formula is C16H17N5. The fraction of sp³-hybridized carbons (Fsp3) is 0.250. The Labute approximate surface area is 123 Å². The van der Waals surface area contributed by atoms with Crippen LogP contribution in [0.25, 0.3) is 10.9 Å². The minimum atomic E-state index is 0.527.